The summed E-state index contributed by atoms with van der Waals surface area (Å²) in [5.41, 5.74) is 0. The molecule has 1 aromatic carbocycles. The number of hydrogen-bond acceptors (Lipinski definition) is 4. The highest BCUT2D eigenvalue weighted by Crippen LogP contribution is 2.19. The molecule has 0 aliphatic rings. The van der Waals surface area contributed by atoms with Crippen LogP contribution in [-0.2, 0) is 9.59 Å². The van der Waals surface area contributed by atoms with E-state index in [1.165, 1.54) is 11.8 Å². The van der Waals surface area contributed by atoms with Gasteiger partial charge in [0, 0.05) is 9.92 Å². The van der Waals surface area contributed by atoms with Crippen molar-refractivity contribution in [1.29, 1.82) is 0 Å². The van der Waals surface area contributed by atoms with Gasteiger partial charge in [0.15, 0.2) is 0 Å². The summed E-state index contributed by atoms with van der Waals surface area (Å²) < 4.78 is 0. The van der Waals surface area contributed by atoms with E-state index in [0.29, 0.717) is 5.02 Å². The van der Waals surface area contributed by atoms with Gasteiger partial charge in [-0.2, -0.15) is 0 Å². The van der Waals surface area contributed by atoms with E-state index in [0.717, 1.165) is 4.90 Å². The second-order valence-corrected chi connectivity index (χ2v) is 4.38. The standard InChI is InChI=1S/C10H10ClNO3S/c11-7-1-3-8(4-2-7)16-6-9(13)12-5-10(14)15/h1-4H,5-6H2,(H,12,13)(H,14,15)/p-1. The molecule has 0 aliphatic carbocycles. The predicted molar refractivity (Wildman–Crippen MR) is 60.2 cm³/mol. The molecule has 0 aliphatic heterocycles. The van der Waals surface area contributed by atoms with Gasteiger partial charge < -0.3 is 15.2 Å². The first-order valence-electron chi connectivity index (χ1n) is 4.43. The second kappa shape index (κ2) is 6.40. The van der Waals surface area contributed by atoms with E-state index < -0.39 is 12.5 Å². The fraction of sp³-hybridized carbons (Fsp3) is 0.200. The van der Waals surface area contributed by atoms with Crippen LogP contribution in [0.15, 0.2) is 29.2 Å². The number of rotatable bonds is 5. The average Bonchev–Trinajstić information content (AvgIpc) is 2.25. The summed E-state index contributed by atoms with van der Waals surface area (Å²) in [6.45, 7) is -0.458. The minimum Gasteiger partial charge on any atom is -0.548 e. The van der Waals surface area contributed by atoms with E-state index in [1.807, 2.05) is 0 Å². The van der Waals surface area contributed by atoms with Crippen molar-refractivity contribution in [3.05, 3.63) is 29.3 Å². The summed E-state index contributed by atoms with van der Waals surface area (Å²) in [5, 5.41) is 12.9. The van der Waals surface area contributed by atoms with Crippen LogP contribution in [0.2, 0.25) is 5.02 Å². The lowest BCUT2D eigenvalue weighted by molar-refractivity contribution is -0.303. The summed E-state index contributed by atoms with van der Waals surface area (Å²) in [5.74, 6) is -1.48. The molecule has 16 heavy (non-hydrogen) atoms. The smallest absolute Gasteiger partial charge is 0.230 e. The van der Waals surface area contributed by atoms with E-state index in [2.05, 4.69) is 5.32 Å². The molecule has 0 unspecified atom stereocenters. The van der Waals surface area contributed by atoms with Gasteiger partial charge in [0.2, 0.25) is 5.91 Å². The number of thioether (sulfide) groups is 1. The maximum absolute atomic E-state index is 11.1. The van der Waals surface area contributed by atoms with Gasteiger partial charge in [-0.15, -0.1) is 11.8 Å². The molecule has 0 atom stereocenters. The summed E-state index contributed by atoms with van der Waals surface area (Å²) in [7, 11) is 0. The number of benzene rings is 1. The van der Waals surface area contributed by atoms with E-state index in [4.69, 9.17) is 11.6 Å². The molecule has 0 heterocycles. The van der Waals surface area contributed by atoms with Crippen molar-refractivity contribution in [2.75, 3.05) is 12.3 Å². The summed E-state index contributed by atoms with van der Waals surface area (Å²) in [6.07, 6.45) is 0. The van der Waals surface area contributed by atoms with Gasteiger partial charge in [0.25, 0.3) is 0 Å². The van der Waals surface area contributed by atoms with Crippen molar-refractivity contribution >= 4 is 35.2 Å². The van der Waals surface area contributed by atoms with Crippen LogP contribution in [0, 0.1) is 0 Å². The number of amides is 1. The van der Waals surface area contributed by atoms with Gasteiger partial charge in [0.1, 0.15) is 0 Å². The second-order valence-electron chi connectivity index (χ2n) is 2.89. The van der Waals surface area contributed by atoms with Crippen LogP contribution < -0.4 is 10.4 Å². The van der Waals surface area contributed by atoms with E-state index in [-0.39, 0.29) is 11.7 Å². The molecular weight excluding hydrogens is 250 g/mol. The normalized spacial score (nSPS) is 9.81. The third-order valence-electron chi connectivity index (χ3n) is 1.61. The minimum atomic E-state index is -1.30. The molecule has 1 rings (SSSR count). The Labute approximate surface area is 102 Å². The molecule has 0 aromatic heterocycles. The van der Waals surface area contributed by atoms with Gasteiger partial charge >= 0.3 is 0 Å². The summed E-state index contributed by atoms with van der Waals surface area (Å²) in [6, 6.07) is 7.03. The number of halogens is 1. The maximum Gasteiger partial charge on any atom is 0.230 e. The Hall–Kier alpha value is -1.20. The van der Waals surface area contributed by atoms with Crippen LogP contribution in [-0.4, -0.2) is 24.2 Å². The Morgan fingerprint density at radius 2 is 1.94 bits per heavy atom. The molecule has 0 saturated carbocycles. The van der Waals surface area contributed by atoms with Crippen molar-refractivity contribution in [3.8, 4) is 0 Å². The zero-order chi connectivity index (χ0) is 12.0. The van der Waals surface area contributed by atoms with Crippen LogP contribution in [0.5, 0.6) is 0 Å². The zero-order valence-corrected chi connectivity index (χ0v) is 9.81. The number of carbonyl (C=O) groups is 2. The Morgan fingerprint density at radius 1 is 1.31 bits per heavy atom. The molecule has 6 heteroatoms. The van der Waals surface area contributed by atoms with Crippen molar-refractivity contribution in [2.45, 2.75) is 4.90 Å². The molecule has 0 saturated heterocycles. The maximum atomic E-state index is 11.1. The Morgan fingerprint density at radius 3 is 2.50 bits per heavy atom. The lowest BCUT2D eigenvalue weighted by Crippen LogP contribution is -2.38. The average molecular weight is 259 g/mol. The van der Waals surface area contributed by atoms with Crippen LogP contribution >= 0.6 is 23.4 Å². The Bertz CT molecular complexity index is 380. The minimum absolute atomic E-state index is 0.162. The summed E-state index contributed by atoms with van der Waals surface area (Å²) >= 11 is 7.00. The number of aliphatic carboxylic acids is 1. The molecule has 4 nitrogen and oxygen atoms in total. The highest BCUT2D eigenvalue weighted by molar-refractivity contribution is 8.00. The molecule has 0 fully saturated rings. The van der Waals surface area contributed by atoms with Crippen molar-refractivity contribution in [3.63, 3.8) is 0 Å². The molecule has 86 valence electrons. The molecule has 0 radical (unpaired) electrons. The monoisotopic (exact) mass is 258 g/mol. The first kappa shape index (κ1) is 12.9. The third-order valence-corrected chi connectivity index (χ3v) is 2.88. The Balaban J connectivity index is 2.31. The Kier molecular flexibility index (Phi) is 5.14. The van der Waals surface area contributed by atoms with Gasteiger partial charge in [-0.3, -0.25) is 4.79 Å². The van der Waals surface area contributed by atoms with Gasteiger partial charge in [-0.25, -0.2) is 0 Å². The third kappa shape index (κ3) is 5.04. The van der Waals surface area contributed by atoms with Crippen LogP contribution in [0.3, 0.4) is 0 Å². The SMILES string of the molecule is O=C([O-])CNC(=O)CSc1ccc(Cl)cc1. The van der Waals surface area contributed by atoms with E-state index in [9.17, 15) is 14.7 Å². The van der Waals surface area contributed by atoms with Crippen LogP contribution in [0.4, 0.5) is 0 Å². The molecule has 0 spiro atoms. The lowest BCUT2D eigenvalue weighted by Gasteiger charge is -2.05. The van der Waals surface area contributed by atoms with Crippen LogP contribution in [0.1, 0.15) is 0 Å². The van der Waals surface area contributed by atoms with Crippen molar-refractivity contribution in [1.82, 2.24) is 5.32 Å². The van der Waals surface area contributed by atoms with E-state index >= 15 is 0 Å². The number of nitrogens with one attached hydrogen (secondary N) is 1. The highest BCUT2D eigenvalue weighted by atomic mass is 35.5. The molecule has 0 bridgehead atoms. The highest BCUT2D eigenvalue weighted by Gasteiger charge is 2.02. The number of carbonyl (C=O) groups excluding carboxylic acids is 2. The zero-order valence-electron chi connectivity index (χ0n) is 8.23. The summed E-state index contributed by atoms with van der Waals surface area (Å²) in [4.78, 5) is 22.1. The predicted octanol–water partition coefficient (Wildman–Crippen LogP) is 0.298. The lowest BCUT2D eigenvalue weighted by atomic mass is 10.4. The molecular formula is C10H9ClNO3S-. The molecule has 1 aromatic rings. The fourth-order valence-electron chi connectivity index (χ4n) is 0.901. The van der Waals surface area contributed by atoms with E-state index in [1.54, 1.807) is 24.3 Å². The van der Waals surface area contributed by atoms with Crippen molar-refractivity contribution in [2.24, 2.45) is 0 Å². The largest absolute Gasteiger partial charge is 0.548 e. The number of hydrogen-bond donors (Lipinski definition) is 1. The van der Waals surface area contributed by atoms with Gasteiger partial charge in [-0.05, 0) is 24.3 Å². The van der Waals surface area contributed by atoms with Gasteiger partial charge in [-0.1, -0.05) is 11.6 Å². The van der Waals surface area contributed by atoms with Crippen LogP contribution in [0.25, 0.3) is 0 Å². The first-order chi connectivity index (χ1) is 7.58. The van der Waals surface area contributed by atoms with Crippen molar-refractivity contribution < 1.29 is 14.7 Å². The number of carboxylic acid groups (broad SMARTS) is 1. The number of carboxylic acids is 1. The van der Waals surface area contributed by atoms with Gasteiger partial charge in [0.05, 0.1) is 18.3 Å². The molecule has 1 amide bonds. The fourth-order valence-corrected chi connectivity index (χ4v) is 1.76. The topological polar surface area (TPSA) is 69.2 Å². The quantitative estimate of drug-likeness (QED) is 0.772. The molecule has 1 N–H and O–H groups in total. The first-order valence-corrected chi connectivity index (χ1v) is 5.79.